The maximum atomic E-state index is 13.7. The maximum absolute atomic E-state index is 13.7. The normalized spacial score (nSPS) is 11.3. The van der Waals surface area contributed by atoms with E-state index in [1.807, 2.05) is 0 Å². The molecule has 1 N–H and O–H groups in total. The fourth-order valence-corrected chi connectivity index (χ4v) is 2.95. The Morgan fingerprint density at radius 1 is 1.45 bits per heavy atom. The molecule has 1 aromatic rings. The maximum Gasteiger partial charge on any atom is 0.335 e. The number of hydrogen-bond donors (Lipinski definition) is 1. The molecular weight excluding hydrogens is 292 g/mol. The Bertz CT molecular complexity index is 679. The van der Waals surface area contributed by atoms with Crippen molar-refractivity contribution in [3.05, 3.63) is 29.3 Å². The highest BCUT2D eigenvalue weighted by molar-refractivity contribution is 7.89. The van der Waals surface area contributed by atoms with Crippen LogP contribution in [-0.2, 0) is 10.0 Å². The van der Waals surface area contributed by atoms with Crippen LogP contribution in [0.25, 0.3) is 0 Å². The number of benzene rings is 1. The number of carboxylic acid groups (broad SMARTS) is 1. The van der Waals surface area contributed by atoms with E-state index in [2.05, 4.69) is 5.92 Å². The van der Waals surface area contributed by atoms with Gasteiger partial charge >= 0.3 is 5.97 Å². The predicted octanol–water partition coefficient (Wildman–Crippen LogP) is 1.31. The lowest BCUT2D eigenvalue weighted by molar-refractivity contribution is 0.0696. The number of carboxylic acids is 1. The fraction of sp³-hybridized carbons (Fsp3) is 0.250. The largest absolute Gasteiger partial charge is 0.478 e. The lowest BCUT2D eigenvalue weighted by Gasteiger charge is -2.18. The summed E-state index contributed by atoms with van der Waals surface area (Å²) >= 11 is 0. The van der Waals surface area contributed by atoms with Crippen LogP contribution in [-0.4, -0.2) is 36.9 Å². The zero-order valence-corrected chi connectivity index (χ0v) is 11.2. The molecule has 108 valence electrons. The molecule has 0 aromatic heterocycles. The van der Waals surface area contributed by atoms with Gasteiger partial charge in [-0.05, 0) is 12.1 Å². The number of sulfonamides is 1. The number of halogens is 2. The van der Waals surface area contributed by atoms with Crippen LogP contribution < -0.4 is 0 Å². The van der Waals surface area contributed by atoms with Gasteiger partial charge in [0.05, 0.1) is 12.1 Å². The standard InChI is InChI=1S/C12H11F2NO4S/c1-3-5-15(4-2)20(18,19)10-7-8(12(16)17)6-9(13)11(10)14/h1,6-7H,4-5H2,2H3,(H,16,17). The van der Waals surface area contributed by atoms with Crippen LogP contribution in [0.2, 0.25) is 0 Å². The van der Waals surface area contributed by atoms with E-state index >= 15 is 0 Å². The molecule has 0 spiro atoms. The lowest BCUT2D eigenvalue weighted by Crippen LogP contribution is -2.32. The second kappa shape index (κ2) is 5.98. The summed E-state index contributed by atoms with van der Waals surface area (Å²) in [6, 6.07) is 0.976. The van der Waals surface area contributed by atoms with Crippen molar-refractivity contribution in [2.24, 2.45) is 0 Å². The molecule has 0 amide bonds. The Hall–Kier alpha value is -1.98. The fourth-order valence-electron chi connectivity index (χ4n) is 1.48. The number of aromatic carboxylic acids is 1. The van der Waals surface area contributed by atoms with E-state index in [1.54, 1.807) is 0 Å². The minimum atomic E-state index is -4.41. The molecule has 0 fully saturated rings. The van der Waals surface area contributed by atoms with Gasteiger partial charge in [0.15, 0.2) is 11.6 Å². The van der Waals surface area contributed by atoms with Gasteiger partial charge in [0.25, 0.3) is 0 Å². The Morgan fingerprint density at radius 2 is 2.05 bits per heavy atom. The highest BCUT2D eigenvalue weighted by Crippen LogP contribution is 2.23. The third-order valence-electron chi connectivity index (χ3n) is 2.48. The molecule has 8 heteroatoms. The SMILES string of the molecule is C#CCN(CC)S(=O)(=O)c1cc(C(=O)O)cc(F)c1F. The average molecular weight is 303 g/mol. The van der Waals surface area contributed by atoms with Crippen molar-refractivity contribution in [3.8, 4) is 12.3 Å². The van der Waals surface area contributed by atoms with E-state index in [0.29, 0.717) is 12.1 Å². The molecule has 0 unspecified atom stereocenters. The van der Waals surface area contributed by atoms with Crippen molar-refractivity contribution >= 4 is 16.0 Å². The summed E-state index contributed by atoms with van der Waals surface area (Å²) in [6.07, 6.45) is 5.01. The van der Waals surface area contributed by atoms with E-state index in [1.165, 1.54) is 6.92 Å². The van der Waals surface area contributed by atoms with E-state index in [9.17, 15) is 22.0 Å². The third kappa shape index (κ3) is 2.95. The number of hydrogen-bond acceptors (Lipinski definition) is 3. The first-order valence-electron chi connectivity index (χ1n) is 5.41. The van der Waals surface area contributed by atoms with Crippen molar-refractivity contribution in [2.45, 2.75) is 11.8 Å². The van der Waals surface area contributed by atoms with E-state index < -0.39 is 38.1 Å². The molecule has 5 nitrogen and oxygen atoms in total. The van der Waals surface area contributed by atoms with Crippen LogP contribution in [0.3, 0.4) is 0 Å². The second-order valence-corrected chi connectivity index (χ2v) is 5.62. The summed E-state index contributed by atoms with van der Waals surface area (Å²) < 4.78 is 52.0. The summed E-state index contributed by atoms with van der Waals surface area (Å²) in [4.78, 5) is 9.73. The van der Waals surface area contributed by atoms with Gasteiger partial charge in [0.2, 0.25) is 10.0 Å². The Kier molecular flexibility index (Phi) is 4.81. The molecule has 0 aliphatic rings. The summed E-state index contributed by atoms with van der Waals surface area (Å²) in [5.74, 6) is -2.68. The molecule has 20 heavy (non-hydrogen) atoms. The predicted molar refractivity (Wildman–Crippen MR) is 66.6 cm³/mol. The molecule has 0 saturated heterocycles. The Morgan fingerprint density at radius 3 is 2.50 bits per heavy atom. The topological polar surface area (TPSA) is 74.7 Å². The smallest absolute Gasteiger partial charge is 0.335 e. The molecule has 1 aromatic carbocycles. The van der Waals surface area contributed by atoms with Gasteiger partial charge in [-0.3, -0.25) is 0 Å². The summed E-state index contributed by atoms with van der Waals surface area (Å²) in [5.41, 5.74) is -0.667. The highest BCUT2D eigenvalue weighted by atomic mass is 32.2. The minimum absolute atomic E-state index is 0.0646. The van der Waals surface area contributed by atoms with Gasteiger partial charge in [0.1, 0.15) is 4.90 Å². The van der Waals surface area contributed by atoms with Crippen molar-refractivity contribution in [1.29, 1.82) is 0 Å². The third-order valence-corrected chi connectivity index (χ3v) is 4.40. The number of nitrogens with zero attached hydrogens (tertiary/aromatic N) is 1. The van der Waals surface area contributed by atoms with Gasteiger partial charge < -0.3 is 5.11 Å². The highest BCUT2D eigenvalue weighted by Gasteiger charge is 2.29. The molecular formula is C12H11F2NO4S. The molecule has 0 saturated carbocycles. The molecule has 0 aliphatic carbocycles. The minimum Gasteiger partial charge on any atom is -0.478 e. The summed E-state index contributed by atoms with van der Waals surface area (Å²) in [6.45, 7) is 1.06. The van der Waals surface area contributed by atoms with E-state index in [-0.39, 0.29) is 13.1 Å². The van der Waals surface area contributed by atoms with E-state index in [0.717, 1.165) is 4.31 Å². The summed E-state index contributed by atoms with van der Waals surface area (Å²) in [7, 11) is -4.41. The van der Waals surface area contributed by atoms with E-state index in [4.69, 9.17) is 11.5 Å². The van der Waals surface area contributed by atoms with Crippen LogP contribution in [0.4, 0.5) is 8.78 Å². The molecule has 0 bridgehead atoms. The first-order chi connectivity index (χ1) is 9.25. The monoisotopic (exact) mass is 303 g/mol. The van der Waals surface area contributed by atoms with Crippen molar-refractivity contribution in [1.82, 2.24) is 4.31 Å². The second-order valence-electron chi connectivity index (χ2n) is 3.71. The van der Waals surface area contributed by atoms with Gasteiger partial charge in [-0.2, -0.15) is 4.31 Å². The first-order valence-corrected chi connectivity index (χ1v) is 6.85. The zero-order valence-electron chi connectivity index (χ0n) is 10.4. The van der Waals surface area contributed by atoms with Crippen molar-refractivity contribution in [2.75, 3.05) is 13.1 Å². The number of terminal acetylenes is 1. The Balaban J connectivity index is 3.53. The van der Waals surface area contributed by atoms with Gasteiger partial charge in [0, 0.05) is 6.54 Å². The van der Waals surface area contributed by atoms with Crippen molar-refractivity contribution in [3.63, 3.8) is 0 Å². The Labute approximate surface area is 114 Å². The van der Waals surface area contributed by atoms with Crippen LogP contribution in [0, 0.1) is 24.0 Å². The molecule has 0 radical (unpaired) electrons. The average Bonchev–Trinajstić information content (AvgIpc) is 2.38. The lowest BCUT2D eigenvalue weighted by atomic mass is 10.2. The molecule has 1 rings (SSSR count). The first kappa shape index (κ1) is 16.1. The molecule has 0 heterocycles. The zero-order chi connectivity index (χ0) is 15.5. The van der Waals surface area contributed by atoms with Crippen LogP contribution in [0.5, 0.6) is 0 Å². The number of rotatable bonds is 5. The van der Waals surface area contributed by atoms with Crippen molar-refractivity contribution < 1.29 is 27.1 Å². The molecule has 0 atom stereocenters. The number of carbonyl (C=O) groups is 1. The summed E-state index contributed by atoms with van der Waals surface area (Å²) in [5, 5.41) is 8.76. The van der Waals surface area contributed by atoms with Gasteiger partial charge in [-0.1, -0.05) is 12.8 Å². The van der Waals surface area contributed by atoms with Gasteiger partial charge in [-0.15, -0.1) is 6.42 Å². The molecule has 0 aliphatic heterocycles. The van der Waals surface area contributed by atoms with Gasteiger partial charge in [-0.25, -0.2) is 22.0 Å². The van der Waals surface area contributed by atoms with Crippen LogP contribution in [0.1, 0.15) is 17.3 Å². The van der Waals surface area contributed by atoms with Crippen LogP contribution >= 0.6 is 0 Å². The van der Waals surface area contributed by atoms with Crippen LogP contribution in [0.15, 0.2) is 17.0 Å². The quantitative estimate of drug-likeness (QED) is 0.832.